The number of carbonyl (C=O) groups excluding carboxylic acids is 1. The van der Waals surface area contributed by atoms with E-state index in [0.717, 1.165) is 10.9 Å². The maximum atomic E-state index is 12.1. The number of carboxylic acids is 1. The average molecular weight is 272 g/mol. The van der Waals surface area contributed by atoms with Crippen molar-refractivity contribution in [2.45, 2.75) is 25.8 Å². The standard InChI is InChI=1S/C15H16N2O3/c1-15(2,9-13(18)19)17-14(20)12-8-7-10-5-3-4-6-11(10)16-12/h3-8H,9H2,1-2H3,(H,17,20)(H,18,19). The molecule has 1 aromatic carbocycles. The molecule has 0 bridgehead atoms. The summed E-state index contributed by atoms with van der Waals surface area (Å²) < 4.78 is 0. The van der Waals surface area contributed by atoms with E-state index in [1.54, 1.807) is 19.9 Å². The SMILES string of the molecule is CC(C)(CC(=O)O)NC(=O)c1ccc2ccccc2n1. The second kappa shape index (κ2) is 5.28. The van der Waals surface area contributed by atoms with Crippen molar-refractivity contribution < 1.29 is 14.7 Å². The smallest absolute Gasteiger partial charge is 0.305 e. The van der Waals surface area contributed by atoms with Crippen LogP contribution < -0.4 is 5.32 Å². The van der Waals surface area contributed by atoms with E-state index in [4.69, 9.17) is 5.11 Å². The van der Waals surface area contributed by atoms with Gasteiger partial charge in [-0.2, -0.15) is 0 Å². The zero-order valence-electron chi connectivity index (χ0n) is 11.4. The number of carbonyl (C=O) groups is 2. The molecule has 1 aromatic heterocycles. The van der Waals surface area contributed by atoms with Crippen molar-refractivity contribution in [2.75, 3.05) is 0 Å². The van der Waals surface area contributed by atoms with Crippen molar-refractivity contribution in [1.82, 2.24) is 10.3 Å². The summed E-state index contributed by atoms with van der Waals surface area (Å²) in [7, 11) is 0. The second-order valence-electron chi connectivity index (χ2n) is 5.30. The Hall–Kier alpha value is -2.43. The van der Waals surface area contributed by atoms with E-state index in [-0.39, 0.29) is 18.0 Å². The van der Waals surface area contributed by atoms with Crippen LogP contribution in [0.2, 0.25) is 0 Å². The van der Waals surface area contributed by atoms with Gasteiger partial charge in [-0.15, -0.1) is 0 Å². The van der Waals surface area contributed by atoms with Gasteiger partial charge in [0.15, 0.2) is 0 Å². The maximum absolute atomic E-state index is 12.1. The first-order valence-electron chi connectivity index (χ1n) is 6.27. The molecule has 0 radical (unpaired) electrons. The Labute approximate surface area is 116 Å². The normalized spacial score (nSPS) is 11.3. The highest BCUT2D eigenvalue weighted by atomic mass is 16.4. The Kier molecular flexibility index (Phi) is 3.70. The molecule has 0 aliphatic carbocycles. The van der Waals surface area contributed by atoms with Gasteiger partial charge in [0.1, 0.15) is 5.69 Å². The molecule has 20 heavy (non-hydrogen) atoms. The van der Waals surface area contributed by atoms with Crippen molar-refractivity contribution >= 4 is 22.8 Å². The number of nitrogens with zero attached hydrogens (tertiary/aromatic N) is 1. The van der Waals surface area contributed by atoms with E-state index in [1.807, 2.05) is 30.3 Å². The number of benzene rings is 1. The molecule has 2 aromatic rings. The first kappa shape index (κ1) is 14.0. The van der Waals surface area contributed by atoms with Crippen LogP contribution in [0.4, 0.5) is 0 Å². The zero-order valence-corrected chi connectivity index (χ0v) is 11.4. The van der Waals surface area contributed by atoms with Gasteiger partial charge in [-0.05, 0) is 26.0 Å². The van der Waals surface area contributed by atoms with Crippen LogP contribution in [0.5, 0.6) is 0 Å². The fraction of sp³-hybridized carbons (Fsp3) is 0.267. The minimum absolute atomic E-state index is 0.147. The predicted molar refractivity (Wildman–Crippen MR) is 75.5 cm³/mol. The van der Waals surface area contributed by atoms with Gasteiger partial charge in [0.05, 0.1) is 11.9 Å². The summed E-state index contributed by atoms with van der Waals surface area (Å²) in [4.78, 5) is 27.1. The molecule has 0 saturated carbocycles. The number of amides is 1. The predicted octanol–water partition coefficient (Wildman–Crippen LogP) is 2.22. The summed E-state index contributed by atoms with van der Waals surface area (Å²) >= 11 is 0. The van der Waals surface area contributed by atoms with E-state index in [0.29, 0.717) is 0 Å². The molecule has 0 saturated heterocycles. The van der Waals surface area contributed by atoms with Crippen LogP contribution in [0.3, 0.4) is 0 Å². The summed E-state index contributed by atoms with van der Waals surface area (Å²) in [5.74, 6) is -1.33. The van der Waals surface area contributed by atoms with Crippen molar-refractivity contribution in [3.05, 3.63) is 42.1 Å². The van der Waals surface area contributed by atoms with Crippen molar-refractivity contribution in [3.63, 3.8) is 0 Å². The second-order valence-corrected chi connectivity index (χ2v) is 5.30. The van der Waals surface area contributed by atoms with Crippen LogP contribution in [0.15, 0.2) is 36.4 Å². The highest BCUT2D eigenvalue weighted by Crippen LogP contribution is 2.13. The summed E-state index contributed by atoms with van der Waals surface area (Å²) in [5.41, 5.74) is 0.189. The third-order valence-electron chi connectivity index (χ3n) is 2.88. The third-order valence-corrected chi connectivity index (χ3v) is 2.88. The number of pyridine rings is 1. The lowest BCUT2D eigenvalue weighted by Crippen LogP contribution is -2.45. The topological polar surface area (TPSA) is 79.3 Å². The van der Waals surface area contributed by atoms with Gasteiger partial charge in [-0.3, -0.25) is 9.59 Å². The summed E-state index contributed by atoms with van der Waals surface area (Å²) in [6, 6.07) is 11.0. The van der Waals surface area contributed by atoms with Gasteiger partial charge in [0, 0.05) is 10.9 Å². The van der Waals surface area contributed by atoms with Crippen LogP contribution >= 0.6 is 0 Å². The average Bonchev–Trinajstić information content (AvgIpc) is 2.36. The molecule has 2 rings (SSSR count). The Morgan fingerprint density at radius 2 is 1.90 bits per heavy atom. The van der Waals surface area contributed by atoms with E-state index >= 15 is 0 Å². The number of hydrogen-bond donors (Lipinski definition) is 2. The number of carboxylic acid groups (broad SMARTS) is 1. The molecule has 104 valence electrons. The van der Waals surface area contributed by atoms with E-state index in [1.165, 1.54) is 0 Å². The fourth-order valence-electron chi connectivity index (χ4n) is 1.99. The Bertz CT molecular complexity index is 665. The summed E-state index contributed by atoms with van der Waals surface area (Å²) in [5, 5.41) is 12.4. The van der Waals surface area contributed by atoms with Crippen molar-refractivity contribution in [2.24, 2.45) is 0 Å². The van der Waals surface area contributed by atoms with Crippen LogP contribution in [0.1, 0.15) is 30.8 Å². The molecule has 5 nitrogen and oxygen atoms in total. The molecular weight excluding hydrogens is 256 g/mol. The van der Waals surface area contributed by atoms with E-state index in [9.17, 15) is 9.59 Å². The molecule has 0 fully saturated rings. The van der Waals surface area contributed by atoms with E-state index < -0.39 is 11.5 Å². The number of nitrogens with one attached hydrogen (secondary N) is 1. The highest BCUT2D eigenvalue weighted by molar-refractivity contribution is 5.95. The Morgan fingerprint density at radius 1 is 1.20 bits per heavy atom. The van der Waals surface area contributed by atoms with Crippen LogP contribution in [0.25, 0.3) is 10.9 Å². The van der Waals surface area contributed by atoms with Gasteiger partial charge < -0.3 is 10.4 Å². The number of hydrogen-bond acceptors (Lipinski definition) is 3. The largest absolute Gasteiger partial charge is 0.481 e. The first-order chi connectivity index (χ1) is 9.37. The van der Waals surface area contributed by atoms with Crippen LogP contribution in [0, 0.1) is 0 Å². The van der Waals surface area contributed by atoms with Gasteiger partial charge in [0.2, 0.25) is 0 Å². The van der Waals surface area contributed by atoms with Gasteiger partial charge >= 0.3 is 5.97 Å². The van der Waals surface area contributed by atoms with Crippen molar-refractivity contribution in [3.8, 4) is 0 Å². The quantitative estimate of drug-likeness (QED) is 0.894. The fourth-order valence-corrected chi connectivity index (χ4v) is 1.99. The molecular formula is C15H16N2O3. The number of aromatic nitrogens is 1. The number of rotatable bonds is 4. The summed E-state index contributed by atoms with van der Waals surface area (Å²) in [6.45, 7) is 3.33. The highest BCUT2D eigenvalue weighted by Gasteiger charge is 2.24. The van der Waals surface area contributed by atoms with E-state index in [2.05, 4.69) is 10.3 Å². The first-order valence-corrected chi connectivity index (χ1v) is 6.27. The lowest BCUT2D eigenvalue weighted by atomic mass is 10.0. The maximum Gasteiger partial charge on any atom is 0.305 e. The molecule has 0 aliphatic rings. The lowest BCUT2D eigenvalue weighted by Gasteiger charge is -2.24. The number of para-hydroxylation sites is 1. The van der Waals surface area contributed by atoms with Crippen molar-refractivity contribution in [1.29, 1.82) is 0 Å². The Morgan fingerprint density at radius 3 is 2.60 bits per heavy atom. The Balaban J connectivity index is 2.21. The molecule has 1 heterocycles. The van der Waals surface area contributed by atoms with Crippen LogP contribution in [-0.2, 0) is 4.79 Å². The number of fused-ring (bicyclic) bond motifs is 1. The van der Waals surface area contributed by atoms with Gasteiger partial charge in [-0.1, -0.05) is 24.3 Å². The molecule has 2 N–H and O–H groups in total. The molecule has 0 unspecified atom stereocenters. The zero-order chi connectivity index (χ0) is 14.8. The molecule has 1 amide bonds. The lowest BCUT2D eigenvalue weighted by molar-refractivity contribution is -0.138. The minimum Gasteiger partial charge on any atom is -0.481 e. The molecule has 0 aliphatic heterocycles. The minimum atomic E-state index is -0.957. The molecule has 0 atom stereocenters. The summed E-state index contributed by atoms with van der Waals surface area (Å²) in [6.07, 6.45) is -0.147. The van der Waals surface area contributed by atoms with Gasteiger partial charge in [0.25, 0.3) is 5.91 Å². The van der Waals surface area contributed by atoms with Gasteiger partial charge in [-0.25, -0.2) is 4.98 Å². The monoisotopic (exact) mass is 272 g/mol. The molecule has 5 heteroatoms. The number of aliphatic carboxylic acids is 1. The molecule has 0 spiro atoms. The third kappa shape index (κ3) is 3.32. The van der Waals surface area contributed by atoms with Crippen LogP contribution in [-0.4, -0.2) is 27.5 Å².